The maximum Gasteiger partial charge on any atom is 0.162 e. The Bertz CT molecular complexity index is 815. The van der Waals surface area contributed by atoms with Gasteiger partial charge in [-0.3, -0.25) is 9.80 Å². The van der Waals surface area contributed by atoms with Gasteiger partial charge < -0.3 is 19.3 Å². The summed E-state index contributed by atoms with van der Waals surface area (Å²) in [5.41, 5.74) is 2.01. The van der Waals surface area contributed by atoms with Gasteiger partial charge in [-0.25, -0.2) is 0 Å². The normalized spacial score (nSPS) is 15.0. The standard InChI is InChI=1S/C24H32N2O4/c1-4-5-19-16-20(24(27)23(17-19)29-3)18-26-12-10-25(11-13-26)14-15-30-22-8-6-21(28-2)7-9-22/h4,6-9,16-17,27H,1,5,10-15,18H2,2-3H3. The van der Waals surface area contributed by atoms with Crippen molar-refractivity contribution in [2.75, 3.05) is 53.6 Å². The molecule has 1 fully saturated rings. The minimum atomic E-state index is 0.237. The Morgan fingerprint density at radius 3 is 2.27 bits per heavy atom. The van der Waals surface area contributed by atoms with Crippen LogP contribution in [-0.4, -0.2) is 68.5 Å². The number of hydrogen-bond acceptors (Lipinski definition) is 6. The van der Waals surface area contributed by atoms with Crippen LogP contribution >= 0.6 is 0 Å². The van der Waals surface area contributed by atoms with Crippen LogP contribution in [0.1, 0.15) is 11.1 Å². The fourth-order valence-corrected chi connectivity index (χ4v) is 3.67. The van der Waals surface area contributed by atoms with E-state index in [4.69, 9.17) is 14.2 Å². The fourth-order valence-electron chi connectivity index (χ4n) is 3.67. The van der Waals surface area contributed by atoms with Gasteiger partial charge in [0.1, 0.15) is 18.1 Å². The van der Waals surface area contributed by atoms with E-state index < -0.39 is 0 Å². The molecule has 0 spiro atoms. The van der Waals surface area contributed by atoms with Gasteiger partial charge in [0.2, 0.25) is 0 Å². The third-order valence-electron chi connectivity index (χ3n) is 5.41. The summed E-state index contributed by atoms with van der Waals surface area (Å²) in [4.78, 5) is 4.78. The Labute approximate surface area is 179 Å². The van der Waals surface area contributed by atoms with Gasteiger partial charge in [-0.2, -0.15) is 0 Å². The number of benzene rings is 2. The smallest absolute Gasteiger partial charge is 0.162 e. The molecule has 0 saturated carbocycles. The van der Waals surface area contributed by atoms with Crippen molar-refractivity contribution in [3.63, 3.8) is 0 Å². The van der Waals surface area contributed by atoms with Gasteiger partial charge in [0, 0.05) is 44.8 Å². The maximum atomic E-state index is 10.5. The Morgan fingerprint density at radius 2 is 1.63 bits per heavy atom. The summed E-state index contributed by atoms with van der Waals surface area (Å²) >= 11 is 0. The third kappa shape index (κ3) is 5.90. The highest BCUT2D eigenvalue weighted by Crippen LogP contribution is 2.32. The van der Waals surface area contributed by atoms with E-state index >= 15 is 0 Å². The van der Waals surface area contributed by atoms with Gasteiger partial charge in [0.25, 0.3) is 0 Å². The number of methoxy groups -OCH3 is 2. The molecule has 3 rings (SSSR count). The van der Waals surface area contributed by atoms with Crippen molar-refractivity contribution in [3.05, 3.63) is 60.2 Å². The van der Waals surface area contributed by atoms with Crippen molar-refractivity contribution in [1.29, 1.82) is 0 Å². The molecule has 2 aromatic rings. The van der Waals surface area contributed by atoms with Gasteiger partial charge >= 0.3 is 0 Å². The molecule has 162 valence electrons. The van der Waals surface area contributed by atoms with E-state index in [0.29, 0.717) is 18.9 Å². The minimum Gasteiger partial charge on any atom is -0.504 e. The quantitative estimate of drug-likeness (QED) is 0.604. The van der Waals surface area contributed by atoms with Crippen molar-refractivity contribution < 1.29 is 19.3 Å². The number of nitrogens with zero attached hydrogens (tertiary/aromatic N) is 2. The molecule has 0 aliphatic carbocycles. The van der Waals surface area contributed by atoms with E-state index in [1.807, 2.05) is 36.4 Å². The van der Waals surface area contributed by atoms with E-state index in [0.717, 1.165) is 61.8 Å². The molecule has 1 aliphatic rings. The molecule has 0 atom stereocenters. The van der Waals surface area contributed by atoms with E-state index in [1.165, 1.54) is 0 Å². The van der Waals surface area contributed by atoms with E-state index in [2.05, 4.69) is 22.4 Å². The van der Waals surface area contributed by atoms with Crippen molar-refractivity contribution in [1.82, 2.24) is 9.80 Å². The number of allylic oxidation sites excluding steroid dienone is 1. The zero-order valence-electron chi connectivity index (χ0n) is 18.0. The first-order valence-corrected chi connectivity index (χ1v) is 10.3. The lowest BCUT2D eigenvalue weighted by Crippen LogP contribution is -2.47. The summed E-state index contributed by atoms with van der Waals surface area (Å²) in [5, 5.41) is 10.5. The molecule has 0 bridgehead atoms. The first-order valence-electron chi connectivity index (χ1n) is 10.3. The highest BCUT2D eigenvalue weighted by molar-refractivity contribution is 5.49. The van der Waals surface area contributed by atoms with E-state index in [1.54, 1.807) is 14.2 Å². The van der Waals surface area contributed by atoms with E-state index in [9.17, 15) is 5.11 Å². The predicted octanol–water partition coefficient (Wildman–Crippen LogP) is 3.33. The van der Waals surface area contributed by atoms with Crippen LogP contribution in [0, 0.1) is 0 Å². The number of phenolic OH excluding ortho intramolecular Hbond substituents is 1. The fraction of sp³-hybridized carbons (Fsp3) is 0.417. The molecule has 0 unspecified atom stereocenters. The number of hydrogen-bond donors (Lipinski definition) is 1. The second-order valence-corrected chi connectivity index (χ2v) is 7.44. The lowest BCUT2D eigenvalue weighted by Gasteiger charge is -2.34. The molecule has 0 amide bonds. The Morgan fingerprint density at radius 1 is 0.967 bits per heavy atom. The highest BCUT2D eigenvalue weighted by Gasteiger charge is 2.19. The molecule has 6 nitrogen and oxygen atoms in total. The molecule has 1 heterocycles. The molecule has 1 aliphatic heterocycles. The van der Waals surface area contributed by atoms with Crippen LogP contribution in [0.25, 0.3) is 0 Å². The second kappa shape index (κ2) is 10.9. The zero-order valence-corrected chi connectivity index (χ0v) is 18.0. The zero-order chi connectivity index (χ0) is 21.3. The largest absolute Gasteiger partial charge is 0.504 e. The van der Waals surface area contributed by atoms with Gasteiger partial charge in [0.05, 0.1) is 14.2 Å². The number of ether oxygens (including phenoxy) is 3. The van der Waals surface area contributed by atoms with Crippen LogP contribution in [0.4, 0.5) is 0 Å². The number of aromatic hydroxyl groups is 1. The molecule has 0 aromatic heterocycles. The first-order chi connectivity index (χ1) is 14.6. The van der Waals surface area contributed by atoms with Gasteiger partial charge in [-0.15, -0.1) is 6.58 Å². The molecule has 1 N–H and O–H groups in total. The summed E-state index contributed by atoms with van der Waals surface area (Å²) in [6, 6.07) is 11.6. The van der Waals surface area contributed by atoms with Crippen molar-refractivity contribution in [3.8, 4) is 23.0 Å². The second-order valence-electron chi connectivity index (χ2n) is 7.44. The molecule has 6 heteroatoms. The van der Waals surface area contributed by atoms with Crippen LogP contribution in [0.3, 0.4) is 0 Å². The molecule has 30 heavy (non-hydrogen) atoms. The summed E-state index contributed by atoms with van der Waals surface area (Å²) in [6.07, 6.45) is 2.62. The van der Waals surface area contributed by atoms with Crippen LogP contribution < -0.4 is 14.2 Å². The van der Waals surface area contributed by atoms with Crippen molar-refractivity contribution in [2.45, 2.75) is 13.0 Å². The van der Waals surface area contributed by atoms with Crippen molar-refractivity contribution >= 4 is 0 Å². The summed E-state index contributed by atoms with van der Waals surface area (Å²) in [6.45, 7) is 9.95. The summed E-state index contributed by atoms with van der Waals surface area (Å²) in [7, 11) is 3.24. The van der Waals surface area contributed by atoms with Crippen molar-refractivity contribution in [2.24, 2.45) is 0 Å². The Kier molecular flexibility index (Phi) is 7.99. The van der Waals surface area contributed by atoms with Gasteiger partial charge in [0.15, 0.2) is 11.5 Å². The summed E-state index contributed by atoms with van der Waals surface area (Å²) < 4.78 is 16.3. The molecular formula is C24H32N2O4. The predicted molar refractivity (Wildman–Crippen MR) is 119 cm³/mol. The minimum absolute atomic E-state index is 0.237. The molecular weight excluding hydrogens is 380 g/mol. The number of rotatable bonds is 10. The number of piperazine rings is 1. The monoisotopic (exact) mass is 412 g/mol. The number of phenols is 1. The Balaban J connectivity index is 1.46. The first kappa shape index (κ1) is 22.0. The lowest BCUT2D eigenvalue weighted by molar-refractivity contribution is 0.112. The van der Waals surface area contributed by atoms with Gasteiger partial charge in [-0.05, 0) is 42.3 Å². The topological polar surface area (TPSA) is 54.4 Å². The van der Waals surface area contributed by atoms with Crippen LogP contribution in [0.15, 0.2) is 49.1 Å². The summed E-state index contributed by atoms with van der Waals surface area (Å²) in [5.74, 6) is 2.45. The van der Waals surface area contributed by atoms with Crippen LogP contribution in [0.5, 0.6) is 23.0 Å². The Hall–Kier alpha value is -2.70. The lowest BCUT2D eigenvalue weighted by atomic mass is 10.1. The van der Waals surface area contributed by atoms with Gasteiger partial charge in [-0.1, -0.05) is 12.1 Å². The SMILES string of the molecule is C=CCc1cc(CN2CCN(CCOc3ccc(OC)cc3)CC2)c(O)c(OC)c1. The maximum absolute atomic E-state index is 10.5. The molecule has 0 radical (unpaired) electrons. The van der Waals surface area contributed by atoms with Crippen LogP contribution in [0.2, 0.25) is 0 Å². The highest BCUT2D eigenvalue weighted by atomic mass is 16.5. The van der Waals surface area contributed by atoms with E-state index in [-0.39, 0.29) is 5.75 Å². The average Bonchev–Trinajstić information content (AvgIpc) is 2.77. The third-order valence-corrected chi connectivity index (χ3v) is 5.41. The molecule has 1 saturated heterocycles. The average molecular weight is 413 g/mol. The van der Waals surface area contributed by atoms with Crippen LogP contribution in [-0.2, 0) is 13.0 Å². The molecule has 2 aromatic carbocycles.